The SMILES string of the molecule is C=CCOc1ccc(CCc2ccc3c(F)c(CCc4ccc(Cl)c(F)c4)ccc3c2)nc1. The van der Waals surface area contributed by atoms with Gasteiger partial charge in [0.25, 0.3) is 0 Å². The molecular formula is C28H24ClF2NO. The molecule has 0 unspecified atom stereocenters. The number of aryl methyl sites for hydroxylation is 4. The van der Waals surface area contributed by atoms with Gasteiger partial charge >= 0.3 is 0 Å². The summed E-state index contributed by atoms with van der Waals surface area (Å²) in [6.07, 6.45) is 6.03. The molecule has 0 spiro atoms. The van der Waals surface area contributed by atoms with Crippen LogP contribution in [0.15, 0.2) is 79.5 Å². The summed E-state index contributed by atoms with van der Waals surface area (Å²) >= 11 is 5.73. The molecule has 0 atom stereocenters. The highest BCUT2D eigenvalue weighted by atomic mass is 35.5. The van der Waals surface area contributed by atoms with Gasteiger partial charge in [0.05, 0.1) is 11.2 Å². The van der Waals surface area contributed by atoms with Crippen molar-refractivity contribution in [2.75, 3.05) is 6.61 Å². The van der Waals surface area contributed by atoms with Gasteiger partial charge in [-0.1, -0.05) is 60.7 Å². The van der Waals surface area contributed by atoms with Gasteiger partial charge in [0.1, 0.15) is 24.0 Å². The molecule has 0 saturated carbocycles. The van der Waals surface area contributed by atoms with Crippen molar-refractivity contribution in [3.05, 3.63) is 119 Å². The van der Waals surface area contributed by atoms with E-state index < -0.39 is 5.82 Å². The van der Waals surface area contributed by atoms with E-state index >= 15 is 4.39 Å². The summed E-state index contributed by atoms with van der Waals surface area (Å²) in [6.45, 7) is 4.08. The highest BCUT2D eigenvalue weighted by molar-refractivity contribution is 6.30. The average Bonchev–Trinajstić information content (AvgIpc) is 2.83. The molecule has 4 rings (SSSR count). The third kappa shape index (κ3) is 5.77. The summed E-state index contributed by atoms with van der Waals surface area (Å²) in [7, 11) is 0. The Hall–Kier alpha value is -3.24. The first-order valence-corrected chi connectivity index (χ1v) is 11.2. The Morgan fingerprint density at radius 1 is 0.879 bits per heavy atom. The Balaban J connectivity index is 1.41. The Morgan fingerprint density at radius 3 is 2.42 bits per heavy atom. The number of nitrogens with zero attached hydrogens (tertiary/aromatic N) is 1. The van der Waals surface area contributed by atoms with Crippen molar-refractivity contribution in [2.24, 2.45) is 0 Å². The Bertz CT molecular complexity index is 1270. The molecule has 0 N–H and O–H groups in total. The summed E-state index contributed by atoms with van der Waals surface area (Å²) in [4.78, 5) is 4.44. The molecule has 3 aromatic carbocycles. The van der Waals surface area contributed by atoms with E-state index in [1.54, 1.807) is 18.3 Å². The van der Waals surface area contributed by atoms with E-state index in [4.69, 9.17) is 16.3 Å². The number of hydrogen-bond acceptors (Lipinski definition) is 2. The second kappa shape index (κ2) is 10.6. The predicted octanol–water partition coefficient (Wildman–Crippen LogP) is 7.30. The number of rotatable bonds is 9. The van der Waals surface area contributed by atoms with Crippen molar-refractivity contribution in [3.63, 3.8) is 0 Å². The van der Waals surface area contributed by atoms with Gasteiger partial charge in [0, 0.05) is 11.1 Å². The summed E-state index contributed by atoms with van der Waals surface area (Å²) in [6, 6.07) is 18.2. The number of aromatic nitrogens is 1. The summed E-state index contributed by atoms with van der Waals surface area (Å²) in [5.74, 6) is 0.0509. The summed E-state index contributed by atoms with van der Waals surface area (Å²) in [5, 5.41) is 1.56. The largest absolute Gasteiger partial charge is 0.488 e. The third-order valence-corrected chi connectivity index (χ3v) is 5.91. The molecule has 0 fully saturated rings. The van der Waals surface area contributed by atoms with Crippen molar-refractivity contribution in [2.45, 2.75) is 25.7 Å². The van der Waals surface area contributed by atoms with Crippen LogP contribution >= 0.6 is 11.6 Å². The molecule has 0 amide bonds. The van der Waals surface area contributed by atoms with Crippen LogP contribution in [0.3, 0.4) is 0 Å². The molecule has 2 nitrogen and oxygen atoms in total. The smallest absolute Gasteiger partial charge is 0.142 e. The van der Waals surface area contributed by atoms with Crippen molar-refractivity contribution < 1.29 is 13.5 Å². The zero-order valence-corrected chi connectivity index (χ0v) is 18.9. The minimum atomic E-state index is -0.451. The van der Waals surface area contributed by atoms with E-state index in [1.807, 2.05) is 42.5 Å². The first-order valence-electron chi connectivity index (χ1n) is 10.9. The zero-order valence-electron chi connectivity index (χ0n) is 18.2. The molecule has 4 aromatic rings. The molecule has 33 heavy (non-hydrogen) atoms. The van der Waals surface area contributed by atoms with Crippen LogP contribution in [0.2, 0.25) is 5.02 Å². The molecule has 0 saturated heterocycles. The molecule has 5 heteroatoms. The number of ether oxygens (including phenoxy) is 1. The maximum atomic E-state index is 15.1. The first kappa shape index (κ1) is 22.9. The lowest BCUT2D eigenvalue weighted by atomic mass is 9.98. The van der Waals surface area contributed by atoms with Crippen LogP contribution in [0.25, 0.3) is 10.8 Å². The maximum Gasteiger partial charge on any atom is 0.142 e. The van der Waals surface area contributed by atoms with Crippen LogP contribution < -0.4 is 4.74 Å². The van der Waals surface area contributed by atoms with E-state index in [1.165, 1.54) is 12.1 Å². The number of benzene rings is 3. The monoisotopic (exact) mass is 463 g/mol. The predicted molar refractivity (Wildman–Crippen MR) is 130 cm³/mol. The van der Waals surface area contributed by atoms with E-state index in [2.05, 4.69) is 11.6 Å². The van der Waals surface area contributed by atoms with Crippen LogP contribution in [0.5, 0.6) is 5.75 Å². The van der Waals surface area contributed by atoms with Crippen LogP contribution in [-0.4, -0.2) is 11.6 Å². The lowest BCUT2D eigenvalue weighted by Crippen LogP contribution is -1.98. The van der Waals surface area contributed by atoms with Gasteiger partial charge in [0.2, 0.25) is 0 Å². The Kier molecular flexibility index (Phi) is 7.36. The Labute approximate surface area is 197 Å². The first-order chi connectivity index (χ1) is 16.0. The van der Waals surface area contributed by atoms with Gasteiger partial charge < -0.3 is 4.74 Å². The number of hydrogen-bond donors (Lipinski definition) is 0. The average molecular weight is 464 g/mol. The molecule has 0 aliphatic heterocycles. The second-order valence-electron chi connectivity index (χ2n) is 7.93. The number of pyridine rings is 1. The van der Waals surface area contributed by atoms with Crippen LogP contribution in [0, 0.1) is 11.6 Å². The summed E-state index contributed by atoms with van der Waals surface area (Å²) in [5.41, 5.74) is 3.51. The quantitative estimate of drug-likeness (QED) is 0.243. The van der Waals surface area contributed by atoms with Gasteiger partial charge in [-0.25, -0.2) is 8.78 Å². The second-order valence-corrected chi connectivity index (χ2v) is 8.33. The lowest BCUT2D eigenvalue weighted by Gasteiger charge is -2.09. The molecule has 0 bridgehead atoms. The fourth-order valence-corrected chi connectivity index (χ4v) is 3.90. The van der Waals surface area contributed by atoms with Crippen molar-refractivity contribution in [1.82, 2.24) is 4.98 Å². The third-order valence-electron chi connectivity index (χ3n) is 5.60. The van der Waals surface area contributed by atoms with E-state index in [9.17, 15) is 4.39 Å². The molecule has 0 radical (unpaired) electrons. The Morgan fingerprint density at radius 2 is 1.67 bits per heavy atom. The van der Waals surface area contributed by atoms with Gasteiger partial charge in [-0.15, -0.1) is 0 Å². The molecule has 168 valence electrons. The normalized spacial score (nSPS) is 11.0. The van der Waals surface area contributed by atoms with E-state index in [0.29, 0.717) is 30.4 Å². The van der Waals surface area contributed by atoms with Gasteiger partial charge in [0.15, 0.2) is 0 Å². The van der Waals surface area contributed by atoms with Gasteiger partial charge in [-0.2, -0.15) is 0 Å². The van der Waals surface area contributed by atoms with Crippen LogP contribution in [0.4, 0.5) is 8.78 Å². The summed E-state index contributed by atoms with van der Waals surface area (Å²) < 4.78 is 34.2. The highest BCUT2D eigenvalue weighted by Gasteiger charge is 2.10. The van der Waals surface area contributed by atoms with E-state index in [-0.39, 0.29) is 10.8 Å². The van der Waals surface area contributed by atoms with E-state index in [0.717, 1.165) is 40.8 Å². The minimum absolute atomic E-state index is 0.0942. The van der Waals surface area contributed by atoms with Crippen molar-refractivity contribution in [1.29, 1.82) is 0 Å². The zero-order chi connectivity index (χ0) is 23.2. The standard InChI is InChI=1S/C28H24ClF2NO/c1-2-15-33-24-12-11-23(32-18-24)10-4-19-5-13-25-22(16-19)9-8-21(28(25)31)7-3-20-6-14-26(29)27(30)17-20/h2,5-6,8-9,11-14,16-18H,1,3-4,7,10,15H2. The van der Waals surface area contributed by atoms with Crippen LogP contribution in [0.1, 0.15) is 22.4 Å². The number of fused-ring (bicyclic) bond motifs is 1. The van der Waals surface area contributed by atoms with Gasteiger partial charge in [-0.3, -0.25) is 4.98 Å². The van der Waals surface area contributed by atoms with Crippen LogP contribution in [-0.2, 0) is 25.7 Å². The fraction of sp³-hybridized carbons (Fsp3) is 0.179. The highest BCUT2D eigenvalue weighted by Crippen LogP contribution is 2.25. The fourth-order valence-electron chi connectivity index (χ4n) is 3.78. The maximum absolute atomic E-state index is 15.1. The molecule has 1 aromatic heterocycles. The minimum Gasteiger partial charge on any atom is -0.488 e. The molecule has 0 aliphatic rings. The van der Waals surface area contributed by atoms with Gasteiger partial charge in [-0.05, 0) is 72.0 Å². The molecular weight excluding hydrogens is 440 g/mol. The topological polar surface area (TPSA) is 22.1 Å². The van der Waals surface area contributed by atoms with Crippen molar-refractivity contribution in [3.8, 4) is 5.75 Å². The lowest BCUT2D eigenvalue weighted by molar-refractivity contribution is 0.361. The molecule has 0 aliphatic carbocycles. The van der Waals surface area contributed by atoms with Crippen molar-refractivity contribution >= 4 is 22.4 Å². The molecule has 1 heterocycles. The number of halogens is 3.